The van der Waals surface area contributed by atoms with Gasteiger partial charge in [-0.15, -0.1) is 0 Å². The molecule has 1 aromatic rings. The van der Waals surface area contributed by atoms with Crippen molar-refractivity contribution in [2.75, 3.05) is 12.8 Å². The lowest BCUT2D eigenvalue weighted by Gasteiger charge is -2.26. The van der Waals surface area contributed by atoms with Gasteiger partial charge in [-0.3, -0.25) is 0 Å². The first-order valence-electron chi connectivity index (χ1n) is 6.86. The van der Waals surface area contributed by atoms with Crippen LogP contribution in [0, 0.1) is 5.92 Å². The lowest BCUT2D eigenvalue weighted by Crippen LogP contribution is -2.17. The highest BCUT2D eigenvalue weighted by molar-refractivity contribution is 5.93. The summed E-state index contributed by atoms with van der Waals surface area (Å²) in [6.45, 7) is 2.24. The van der Waals surface area contributed by atoms with Gasteiger partial charge in [0.1, 0.15) is 17.2 Å². The average Bonchev–Trinajstić information content (AvgIpc) is 2.46. The first-order chi connectivity index (χ1) is 9.15. The van der Waals surface area contributed by atoms with E-state index in [0.717, 1.165) is 24.6 Å². The predicted molar refractivity (Wildman–Crippen MR) is 72.8 cm³/mol. The number of aromatic nitrogens is 2. The molecule has 0 spiro atoms. The molecule has 5 heteroatoms. The Bertz CT molecular complexity index is 454. The third-order valence-corrected chi connectivity index (χ3v) is 4.03. The summed E-state index contributed by atoms with van der Waals surface area (Å²) in [6, 6.07) is 0. The van der Waals surface area contributed by atoms with Crippen LogP contribution in [-0.4, -0.2) is 23.0 Å². The minimum atomic E-state index is -0.487. The van der Waals surface area contributed by atoms with Crippen molar-refractivity contribution in [3.8, 4) is 0 Å². The van der Waals surface area contributed by atoms with Gasteiger partial charge in [0.15, 0.2) is 0 Å². The van der Waals surface area contributed by atoms with Crippen LogP contribution < -0.4 is 5.73 Å². The average molecular weight is 263 g/mol. The summed E-state index contributed by atoms with van der Waals surface area (Å²) in [7, 11) is 1.32. The molecule has 1 aliphatic rings. The highest BCUT2D eigenvalue weighted by Gasteiger charge is 2.24. The number of carbonyl (C=O) groups excluding carboxylic acids is 1. The molecule has 0 aliphatic heterocycles. The molecule has 5 nitrogen and oxygen atoms in total. The number of hydrogen-bond acceptors (Lipinski definition) is 5. The van der Waals surface area contributed by atoms with Crippen LogP contribution in [-0.2, 0) is 4.74 Å². The predicted octanol–water partition coefficient (Wildman–Crippen LogP) is 2.53. The van der Waals surface area contributed by atoms with E-state index in [9.17, 15) is 4.79 Å². The van der Waals surface area contributed by atoms with Crippen molar-refractivity contribution < 1.29 is 9.53 Å². The maximum absolute atomic E-state index is 11.4. The zero-order chi connectivity index (χ0) is 13.8. The molecule has 1 fully saturated rings. The Kier molecular flexibility index (Phi) is 4.35. The van der Waals surface area contributed by atoms with E-state index in [1.54, 1.807) is 0 Å². The second-order valence-corrected chi connectivity index (χ2v) is 5.14. The molecule has 0 unspecified atom stereocenters. The molecule has 1 aliphatic carbocycles. The van der Waals surface area contributed by atoms with Crippen molar-refractivity contribution in [2.45, 2.75) is 44.9 Å². The molecular formula is C14H21N3O2. The van der Waals surface area contributed by atoms with Gasteiger partial charge >= 0.3 is 5.97 Å². The molecule has 0 aromatic carbocycles. The van der Waals surface area contributed by atoms with Crippen molar-refractivity contribution in [3.63, 3.8) is 0 Å². The smallest absolute Gasteiger partial charge is 0.343 e. The number of carbonyl (C=O) groups is 1. The van der Waals surface area contributed by atoms with Crippen LogP contribution >= 0.6 is 0 Å². The molecule has 104 valence electrons. The van der Waals surface area contributed by atoms with Gasteiger partial charge in [-0.05, 0) is 31.6 Å². The van der Waals surface area contributed by atoms with Crippen LogP contribution in [0.5, 0.6) is 0 Å². The minimum absolute atomic E-state index is 0.217. The summed E-state index contributed by atoms with van der Waals surface area (Å²) < 4.78 is 4.63. The molecule has 19 heavy (non-hydrogen) atoms. The van der Waals surface area contributed by atoms with E-state index in [1.807, 2.05) is 0 Å². The number of esters is 1. The van der Waals surface area contributed by atoms with Gasteiger partial charge in [-0.25, -0.2) is 14.8 Å². The second kappa shape index (κ2) is 5.99. The molecule has 0 amide bonds. The first kappa shape index (κ1) is 13.8. The number of anilines is 1. The van der Waals surface area contributed by atoms with E-state index in [4.69, 9.17) is 5.73 Å². The molecule has 0 atom stereocenters. The summed E-state index contributed by atoms with van der Waals surface area (Å²) in [6.07, 6.45) is 7.39. The van der Waals surface area contributed by atoms with E-state index in [0.29, 0.717) is 5.92 Å². The number of hydrogen-bond donors (Lipinski definition) is 1. The fourth-order valence-electron chi connectivity index (χ4n) is 2.70. The Morgan fingerprint density at radius 1 is 1.42 bits per heavy atom. The van der Waals surface area contributed by atoms with Crippen LogP contribution in [0.1, 0.15) is 61.1 Å². The lowest BCUT2D eigenvalue weighted by atomic mass is 9.80. The largest absolute Gasteiger partial charge is 0.465 e. The second-order valence-electron chi connectivity index (χ2n) is 5.14. The van der Waals surface area contributed by atoms with Gasteiger partial charge in [0.2, 0.25) is 0 Å². The minimum Gasteiger partial charge on any atom is -0.465 e. The summed E-state index contributed by atoms with van der Waals surface area (Å²) in [5.74, 6) is 1.70. The van der Waals surface area contributed by atoms with E-state index < -0.39 is 5.97 Å². The van der Waals surface area contributed by atoms with Crippen molar-refractivity contribution >= 4 is 11.8 Å². The van der Waals surface area contributed by atoms with Crippen LogP contribution in [0.4, 0.5) is 5.82 Å². The number of ether oxygens (including phenoxy) is 1. The number of nitrogen functional groups attached to an aromatic ring is 1. The molecule has 2 rings (SSSR count). The molecular weight excluding hydrogens is 242 g/mol. The Balaban J connectivity index is 2.10. The molecule has 2 N–H and O–H groups in total. The van der Waals surface area contributed by atoms with E-state index in [1.165, 1.54) is 32.6 Å². The van der Waals surface area contributed by atoms with Gasteiger partial charge in [0.25, 0.3) is 0 Å². The van der Waals surface area contributed by atoms with Crippen LogP contribution in [0.15, 0.2) is 6.20 Å². The van der Waals surface area contributed by atoms with Gasteiger partial charge in [-0.1, -0.05) is 13.3 Å². The Morgan fingerprint density at radius 3 is 2.63 bits per heavy atom. The van der Waals surface area contributed by atoms with Gasteiger partial charge in [0.05, 0.1) is 7.11 Å². The molecule has 0 bridgehead atoms. The fraction of sp³-hybridized carbons (Fsp3) is 0.643. The van der Waals surface area contributed by atoms with Crippen molar-refractivity contribution in [1.82, 2.24) is 9.97 Å². The van der Waals surface area contributed by atoms with Crippen molar-refractivity contribution in [1.29, 1.82) is 0 Å². The SMILES string of the molecule is CCC1CCC(c2ncc(C(=O)OC)c(N)n2)CC1. The molecule has 1 aromatic heterocycles. The van der Waals surface area contributed by atoms with E-state index in [2.05, 4.69) is 21.6 Å². The maximum Gasteiger partial charge on any atom is 0.343 e. The normalized spacial score (nSPS) is 23.1. The molecule has 1 heterocycles. The third kappa shape index (κ3) is 3.03. The fourth-order valence-corrected chi connectivity index (χ4v) is 2.70. The topological polar surface area (TPSA) is 78.1 Å². The zero-order valence-corrected chi connectivity index (χ0v) is 11.6. The number of nitrogens with zero attached hydrogens (tertiary/aromatic N) is 2. The van der Waals surface area contributed by atoms with Gasteiger partial charge in [-0.2, -0.15) is 0 Å². The molecule has 1 saturated carbocycles. The third-order valence-electron chi connectivity index (χ3n) is 4.03. The zero-order valence-electron chi connectivity index (χ0n) is 11.6. The van der Waals surface area contributed by atoms with Crippen molar-refractivity contribution in [3.05, 3.63) is 17.6 Å². The summed E-state index contributed by atoms with van der Waals surface area (Å²) >= 11 is 0. The highest BCUT2D eigenvalue weighted by Crippen LogP contribution is 2.35. The van der Waals surface area contributed by atoms with E-state index >= 15 is 0 Å². The number of rotatable bonds is 3. The van der Waals surface area contributed by atoms with Crippen LogP contribution in [0.25, 0.3) is 0 Å². The summed E-state index contributed by atoms with van der Waals surface area (Å²) in [5, 5.41) is 0. The molecule has 0 radical (unpaired) electrons. The summed E-state index contributed by atoms with van der Waals surface area (Å²) in [4.78, 5) is 20.0. The quantitative estimate of drug-likeness (QED) is 0.848. The van der Waals surface area contributed by atoms with Gasteiger partial charge in [0, 0.05) is 12.1 Å². The first-order valence-corrected chi connectivity index (χ1v) is 6.86. The molecule has 0 saturated heterocycles. The number of methoxy groups -OCH3 is 1. The van der Waals surface area contributed by atoms with Crippen molar-refractivity contribution in [2.24, 2.45) is 5.92 Å². The summed E-state index contributed by atoms with van der Waals surface area (Å²) in [5.41, 5.74) is 6.05. The van der Waals surface area contributed by atoms with Crippen LogP contribution in [0.3, 0.4) is 0 Å². The van der Waals surface area contributed by atoms with Crippen LogP contribution in [0.2, 0.25) is 0 Å². The maximum atomic E-state index is 11.4. The Hall–Kier alpha value is -1.65. The van der Waals surface area contributed by atoms with E-state index in [-0.39, 0.29) is 11.4 Å². The number of nitrogens with two attached hydrogens (primary N) is 1. The highest BCUT2D eigenvalue weighted by atomic mass is 16.5. The van der Waals surface area contributed by atoms with Gasteiger partial charge < -0.3 is 10.5 Å². The standard InChI is InChI=1S/C14H21N3O2/c1-3-9-4-6-10(7-5-9)13-16-8-11(12(15)17-13)14(18)19-2/h8-10H,3-7H2,1-2H3,(H2,15,16,17). The Morgan fingerprint density at radius 2 is 2.11 bits per heavy atom. The lowest BCUT2D eigenvalue weighted by molar-refractivity contribution is 0.0601. The monoisotopic (exact) mass is 263 g/mol. The Labute approximate surface area is 113 Å².